The fraction of sp³-hybridized carbons (Fsp3) is 0.429. The van der Waals surface area contributed by atoms with Crippen molar-refractivity contribution in [2.45, 2.75) is 38.3 Å². The van der Waals surface area contributed by atoms with Crippen molar-refractivity contribution in [3.05, 3.63) is 30.1 Å². The molecule has 0 amide bonds. The van der Waals surface area contributed by atoms with E-state index in [1.165, 1.54) is 6.08 Å². The number of hydrogen-bond acceptors (Lipinski definition) is 3. The maximum absolute atomic E-state index is 11.8. The highest BCUT2D eigenvalue weighted by Gasteiger charge is 2.19. The lowest BCUT2D eigenvalue weighted by Crippen LogP contribution is -2.19. The summed E-state index contributed by atoms with van der Waals surface area (Å²) >= 11 is 0. The first-order valence-corrected chi connectivity index (χ1v) is 6.41. The van der Waals surface area contributed by atoms with Crippen LogP contribution in [0, 0.1) is 0 Å². The molecule has 1 aromatic rings. The van der Waals surface area contributed by atoms with E-state index in [0.717, 1.165) is 31.8 Å². The van der Waals surface area contributed by atoms with E-state index in [0.29, 0.717) is 5.69 Å². The zero-order chi connectivity index (χ0) is 13.7. The number of ether oxygens (including phenoxy) is 1. The monoisotopic (exact) mass is 263 g/mol. The number of rotatable bonds is 5. The molecule has 1 aromatic heterocycles. The summed E-state index contributed by atoms with van der Waals surface area (Å²) in [5, 5.41) is 8.59. The molecule has 1 N–H and O–H groups in total. The van der Waals surface area contributed by atoms with E-state index in [1.54, 1.807) is 22.9 Å². The molecule has 1 heterocycles. The van der Waals surface area contributed by atoms with Gasteiger partial charge in [0.2, 0.25) is 0 Å². The fourth-order valence-corrected chi connectivity index (χ4v) is 2.25. The summed E-state index contributed by atoms with van der Waals surface area (Å²) in [7, 11) is 0. The molecule has 102 valence electrons. The highest BCUT2D eigenvalue weighted by Crippen LogP contribution is 2.21. The van der Waals surface area contributed by atoms with Gasteiger partial charge in [-0.25, -0.2) is 4.79 Å². The number of carboxylic acid groups (broad SMARTS) is 1. The Labute approximate surface area is 111 Å². The van der Waals surface area contributed by atoms with Crippen LogP contribution in [0.25, 0.3) is 6.08 Å². The summed E-state index contributed by atoms with van der Waals surface area (Å²) in [5.41, 5.74) is 0.672. The van der Waals surface area contributed by atoms with E-state index in [1.807, 2.05) is 0 Å². The second-order valence-corrected chi connectivity index (χ2v) is 4.63. The van der Waals surface area contributed by atoms with E-state index in [9.17, 15) is 9.59 Å². The Hall–Kier alpha value is -2.04. The van der Waals surface area contributed by atoms with Crippen molar-refractivity contribution in [3.63, 3.8) is 0 Å². The van der Waals surface area contributed by atoms with E-state index >= 15 is 0 Å². The topological polar surface area (TPSA) is 68.5 Å². The SMILES string of the molecule is O=C(O)/C=C/c1cccn1CC(=O)OC1CCCC1. The Morgan fingerprint density at radius 1 is 1.42 bits per heavy atom. The molecule has 1 fully saturated rings. The Morgan fingerprint density at radius 2 is 2.16 bits per heavy atom. The minimum Gasteiger partial charge on any atom is -0.478 e. The van der Waals surface area contributed by atoms with Crippen LogP contribution in [0.1, 0.15) is 31.4 Å². The molecule has 2 rings (SSSR count). The summed E-state index contributed by atoms with van der Waals surface area (Å²) in [6, 6.07) is 3.52. The van der Waals surface area contributed by atoms with Crippen LogP contribution in [-0.4, -0.2) is 27.7 Å². The summed E-state index contributed by atoms with van der Waals surface area (Å²) < 4.78 is 7.04. The van der Waals surface area contributed by atoms with Crippen molar-refractivity contribution in [1.82, 2.24) is 4.57 Å². The van der Waals surface area contributed by atoms with Gasteiger partial charge in [0.25, 0.3) is 0 Å². The maximum Gasteiger partial charge on any atom is 0.328 e. The molecule has 0 aliphatic heterocycles. The molecule has 5 heteroatoms. The van der Waals surface area contributed by atoms with Crippen molar-refractivity contribution in [2.75, 3.05) is 0 Å². The van der Waals surface area contributed by atoms with Gasteiger partial charge in [-0.15, -0.1) is 0 Å². The van der Waals surface area contributed by atoms with Gasteiger partial charge in [0.1, 0.15) is 12.6 Å². The molecule has 1 saturated carbocycles. The minimum absolute atomic E-state index is 0.0565. The number of aliphatic carboxylic acids is 1. The third-order valence-corrected chi connectivity index (χ3v) is 3.16. The summed E-state index contributed by atoms with van der Waals surface area (Å²) in [6.45, 7) is 0.114. The average molecular weight is 263 g/mol. The molecule has 19 heavy (non-hydrogen) atoms. The lowest BCUT2D eigenvalue weighted by Gasteiger charge is -2.12. The molecular weight excluding hydrogens is 246 g/mol. The van der Waals surface area contributed by atoms with E-state index < -0.39 is 5.97 Å². The van der Waals surface area contributed by atoms with Crippen LogP contribution in [0.3, 0.4) is 0 Å². The normalized spacial score (nSPS) is 16.0. The van der Waals surface area contributed by atoms with E-state index in [4.69, 9.17) is 9.84 Å². The van der Waals surface area contributed by atoms with E-state index in [-0.39, 0.29) is 18.6 Å². The maximum atomic E-state index is 11.8. The van der Waals surface area contributed by atoms with Gasteiger partial charge >= 0.3 is 11.9 Å². The van der Waals surface area contributed by atoms with Gasteiger partial charge < -0.3 is 14.4 Å². The summed E-state index contributed by atoms with van der Waals surface area (Å²) in [6.07, 6.45) is 8.44. The number of aromatic nitrogens is 1. The van der Waals surface area contributed by atoms with Crippen LogP contribution in [-0.2, 0) is 20.9 Å². The minimum atomic E-state index is -1.01. The standard InChI is InChI=1S/C14H17NO4/c16-13(17)8-7-11-4-3-9-15(11)10-14(18)19-12-5-1-2-6-12/h3-4,7-9,12H,1-2,5-6,10H2,(H,16,17)/b8-7+. The van der Waals surface area contributed by atoms with Crippen molar-refractivity contribution in [3.8, 4) is 0 Å². The van der Waals surface area contributed by atoms with Gasteiger partial charge in [-0.3, -0.25) is 4.79 Å². The predicted octanol–water partition coefficient (Wildman–Crippen LogP) is 2.07. The summed E-state index contributed by atoms with van der Waals surface area (Å²) in [5.74, 6) is -1.28. The molecule has 0 radical (unpaired) electrons. The largest absolute Gasteiger partial charge is 0.478 e. The zero-order valence-corrected chi connectivity index (χ0v) is 10.6. The van der Waals surface area contributed by atoms with Crippen LogP contribution in [0.5, 0.6) is 0 Å². The van der Waals surface area contributed by atoms with Gasteiger partial charge in [0.05, 0.1) is 0 Å². The first kappa shape index (κ1) is 13.4. The molecule has 1 aliphatic carbocycles. The van der Waals surface area contributed by atoms with Gasteiger partial charge in [-0.1, -0.05) is 0 Å². The zero-order valence-electron chi connectivity index (χ0n) is 10.6. The Kier molecular flexibility index (Phi) is 4.39. The highest BCUT2D eigenvalue weighted by molar-refractivity contribution is 5.85. The number of carbonyl (C=O) groups is 2. The highest BCUT2D eigenvalue weighted by atomic mass is 16.5. The molecule has 1 aliphatic rings. The van der Waals surface area contributed by atoms with Crippen LogP contribution in [0.2, 0.25) is 0 Å². The van der Waals surface area contributed by atoms with Crippen molar-refractivity contribution in [1.29, 1.82) is 0 Å². The molecule has 0 unspecified atom stereocenters. The lowest BCUT2D eigenvalue weighted by molar-refractivity contribution is -0.149. The third-order valence-electron chi connectivity index (χ3n) is 3.16. The van der Waals surface area contributed by atoms with Crippen molar-refractivity contribution < 1.29 is 19.4 Å². The Morgan fingerprint density at radius 3 is 2.84 bits per heavy atom. The lowest BCUT2D eigenvalue weighted by atomic mass is 10.3. The van der Waals surface area contributed by atoms with Crippen LogP contribution in [0.15, 0.2) is 24.4 Å². The Balaban J connectivity index is 1.93. The molecule has 0 atom stereocenters. The average Bonchev–Trinajstić information content (AvgIpc) is 2.98. The predicted molar refractivity (Wildman–Crippen MR) is 69.4 cm³/mol. The van der Waals surface area contributed by atoms with E-state index in [2.05, 4.69) is 0 Å². The number of nitrogens with zero attached hydrogens (tertiary/aromatic N) is 1. The molecule has 0 bridgehead atoms. The second-order valence-electron chi connectivity index (χ2n) is 4.63. The van der Waals surface area contributed by atoms with Crippen LogP contribution in [0.4, 0.5) is 0 Å². The quantitative estimate of drug-likeness (QED) is 0.652. The van der Waals surface area contributed by atoms with Gasteiger partial charge in [-0.05, 0) is 43.9 Å². The Bertz CT molecular complexity index is 483. The van der Waals surface area contributed by atoms with Gasteiger partial charge in [0, 0.05) is 18.0 Å². The fourth-order valence-electron chi connectivity index (χ4n) is 2.25. The summed E-state index contributed by atoms with van der Waals surface area (Å²) in [4.78, 5) is 22.2. The first-order valence-electron chi connectivity index (χ1n) is 6.41. The molecule has 0 aromatic carbocycles. The van der Waals surface area contributed by atoms with Crippen molar-refractivity contribution >= 4 is 18.0 Å². The molecule has 0 saturated heterocycles. The second kappa shape index (κ2) is 6.22. The van der Waals surface area contributed by atoms with Crippen molar-refractivity contribution in [2.24, 2.45) is 0 Å². The number of carboxylic acids is 1. The first-order chi connectivity index (χ1) is 9.15. The molecule has 0 spiro atoms. The third kappa shape index (κ3) is 3.98. The smallest absolute Gasteiger partial charge is 0.328 e. The number of carbonyl (C=O) groups excluding carboxylic acids is 1. The van der Waals surface area contributed by atoms with Crippen LogP contribution >= 0.6 is 0 Å². The molecular formula is C14H17NO4. The van der Waals surface area contributed by atoms with Crippen LogP contribution < -0.4 is 0 Å². The molecule has 5 nitrogen and oxygen atoms in total. The number of esters is 1. The number of hydrogen-bond donors (Lipinski definition) is 1. The van der Waals surface area contributed by atoms with Gasteiger partial charge in [0.15, 0.2) is 0 Å². The van der Waals surface area contributed by atoms with Gasteiger partial charge in [-0.2, -0.15) is 0 Å².